The molecule has 27 heavy (non-hydrogen) atoms. The number of ether oxygens (including phenoxy) is 2. The first-order chi connectivity index (χ1) is 12.9. The highest BCUT2D eigenvalue weighted by atomic mass is 16.5. The van der Waals surface area contributed by atoms with E-state index in [0.717, 1.165) is 31.2 Å². The summed E-state index contributed by atoms with van der Waals surface area (Å²) in [5, 5.41) is 10.8. The first-order valence-corrected chi connectivity index (χ1v) is 9.95. The number of benzene rings is 1. The molecule has 1 aromatic rings. The Hall–Kier alpha value is -2.01. The molecular weight excluding hydrogens is 342 g/mol. The Kier molecular flexibility index (Phi) is 6.10. The predicted molar refractivity (Wildman–Crippen MR) is 106 cm³/mol. The van der Waals surface area contributed by atoms with Crippen molar-refractivity contribution in [1.29, 1.82) is 0 Å². The van der Waals surface area contributed by atoms with E-state index < -0.39 is 5.60 Å². The molecule has 0 bridgehead atoms. The van der Waals surface area contributed by atoms with Crippen LogP contribution in [-0.2, 0) is 4.79 Å². The minimum Gasteiger partial charge on any atom is -0.493 e. The zero-order chi connectivity index (χ0) is 19.4. The van der Waals surface area contributed by atoms with E-state index in [0.29, 0.717) is 31.0 Å². The van der Waals surface area contributed by atoms with Gasteiger partial charge in [0.2, 0.25) is 5.91 Å². The Balaban J connectivity index is 1.64. The van der Waals surface area contributed by atoms with E-state index in [-0.39, 0.29) is 17.9 Å². The van der Waals surface area contributed by atoms with Crippen LogP contribution in [-0.4, -0.2) is 47.8 Å². The number of aliphatic hydroxyl groups is 1. The average Bonchev–Trinajstić information content (AvgIpc) is 2.65. The van der Waals surface area contributed by atoms with Crippen LogP contribution in [0, 0.1) is 5.92 Å². The number of carbonyl (C=O) groups is 1. The molecule has 0 unspecified atom stereocenters. The molecule has 2 aliphatic rings. The minimum atomic E-state index is -0.557. The molecule has 2 fully saturated rings. The van der Waals surface area contributed by atoms with Crippen molar-refractivity contribution in [2.75, 3.05) is 20.2 Å². The molecule has 1 aromatic carbocycles. The third-order valence-corrected chi connectivity index (χ3v) is 5.71. The van der Waals surface area contributed by atoms with E-state index >= 15 is 0 Å². The van der Waals surface area contributed by atoms with Crippen LogP contribution >= 0.6 is 0 Å². The van der Waals surface area contributed by atoms with Crippen molar-refractivity contribution in [3.8, 4) is 11.5 Å². The molecule has 0 radical (unpaired) electrons. The molecule has 5 nitrogen and oxygen atoms in total. The number of likely N-dealkylation sites (tertiary alicyclic amines) is 1. The molecule has 0 aromatic heterocycles. The third-order valence-electron chi connectivity index (χ3n) is 5.71. The molecule has 1 saturated carbocycles. The molecule has 148 valence electrons. The summed E-state index contributed by atoms with van der Waals surface area (Å²) in [6, 6.07) is 5.66. The van der Waals surface area contributed by atoms with E-state index in [1.165, 1.54) is 0 Å². The Morgan fingerprint density at radius 1 is 1.30 bits per heavy atom. The highest BCUT2D eigenvalue weighted by Gasteiger charge is 2.43. The van der Waals surface area contributed by atoms with Crippen molar-refractivity contribution >= 4 is 12.0 Å². The van der Waals surface area contributed by atoms with Gasteiger partial charge < -0.3 is 19.5 Å². The Morgan fingerprint density at radius 2 is 2.11 bits per heavy atom. The van der Waals surface area contributed by atoms with Gasteiger partial charge in [-0.25, -0.2) is 0 Å². The number of hydrogen-bond donors (Lipinski definition) is 1. The molecular formula is C22H31NO4. The van der Waals surface area contributed by atoms with E-state index in [1.54, 1.807) is 13.2 Å². The van der Waals surface area contributed by atoms with Crippen molar-refractivity contribution in [2.45, 2.75) is 57.7 Å². The zero-order valence-electron chi connectivity index (χ0n) is 16.6. The summed E-state index contributed by atoms with van der Waals surface area (Å²) < 4.78 is 11.1. The van der Waals surface area contributed by atoms with Crippen LogP contribution in [0.2, 0.25) is 0 Å². The molecule has 1 N–H and O–H groups in total. The van der Waals surface area contributed by atoms with Gasteiger partial charge in [0, 0.05) is 25.1 Å². The fourth-order valence-corrected chi connectivity index (χ4v) is 4.18. The smallest absolute Gasteiger partial charge is 0.246 e. The summed E-state index contributed by atoms with van der Waals surface area (Å²) in [7, 11) is 1.61. The summed E-state index contributed by atoms with van der Waals surface area (Å²) in [4.78, 5) is 14.5. The summed E-state index contributed by atoms with van der Waals surface area (Å²) >= 11 is 0. The number of piperidine rings is 1. The molecule has 1 aliphatic carbocycles. The summed E-state index contributed by atoms with van der Waals surface area (Å²) in [6.07, 6.45) is 8.32. The van der Waals surface area contributed by atoms with Gasteiger partial charge in [-0.05, 0) is 56.9 Å². The molecule has 0 spiro atoms. The van der Waals surface area contributed by atoms with Gasteiger partial charge in [-0.3, -0.25) is 4.79 Å². The normalized spacial score (nSPS) is 25.5. The molecule has 1 saturated heterocycles. The van der Waals surface area contributed by atoms with Crippen LogP contribution in [0.3, 0.4) is 0 Å². The van der Waals surface area contributed by atoms with Crippen molar-refractivity contribution in [1.82, 2.24) is 4.90 Å². The van der Waals surface area contributed by atoms with Gasteiger partial charge in [0.05, 0.1) is 18.8 Å². The van der Waals surface area contributed by atoms with Crippen molar-refractivity contribution in [3.05, 3.63) is 29.8 Å². The number of nitrogens with zero attached hydrogens (tertiary/aromatic N) is 1. The quantitative estimate of drug-likeness (QED) is 0.801. The molecule has 5 heteroatoms. The fraction of sp³-hybridized carbons (Fsp3) is 0.591. The summed E-state index contributed by atoms with van der Waals surface area (Å²) in [5.41, 5.74) is 0.334. The van der Waals surface area contributed by atoms with Gasteiger partial charge in [0.15, 0.2) is 11.5 Å². The second kappa shape index (κ2) is 8.34. The van der Waals surface area contributed by atoms with E-state index in [4.69, 9.17) is 9.47 Å². The van der Waals surface area contributed by atoms with Crippen molar-refractivity contribution < 1.29 is 19.4 Å². The minimum absolute atomic E-state index is 0.00379. The van der Waals surface area contributed by atoms with Crippen LogP contribution in [0.15, 0.2) is 24.3 Å². The number of amides is 1. The second-order valence-electron chi connectivity index (χ2n) is 7.99. The number of carbonyl (C=O) groups excluding carboxylic acids is 1. The maximum absolute atomic E-state index is 12.6. The van der Waals surface area contributed by atoms with E-state index in [9.17, 15) is 9.90 Å². The second-order valence-corrected chi connectivity index (χ2v) is 7.99. The first-order valence-electron chi connectivity index (χ1n) is 9.95. The number of methoxy groups -OCH3 is 1. The zero-order valence-corrected chi connectivity index (χ0v) is 16.6. The van der Waals surface area contributed by atoms with Gasteiger partial charge in [0.25, 0.3) is 0 Å². The van der Waals surface area contributed by atoms with Gasteiger partial charge in [-0.1, -0.05) is 18.9 Å². The monoisotopic (exact) mass is 373 g/mol. The SMILES string of the molecule is COc1cc(/C=C/C(=O)N2CC[C@@]3(O)CCCC[C@H]3C2)ccc1OC(C)C. The lowest BCUT2D eigenvalue weighted by molar-refractivity contribution is -0.138. The van der Waals surface area contributed by atoms with Crippen LogP contribution in [0.5, 0.6) is 11.5 Å². The van der Waals surface area contributed by atoms with Gasteiger partial charge in [-0.15, -0.1) is 0 Å². The maximum Gasteiger partial charge on any atom is 0.246 e. The molecule has 1 aliphatic heterocycles. The lowest BCUT2D eigenvalue weighted by atomic mass is 9.71. The molecule has 1 amide bonds. The average molecular weight is 373 g/mol. The van der Waals surface area contributed by atoms with Gasteiger partial charge >= 0.3 is 0 Å². The highest BCUT2D eigenvalue weighted by molar-refractivity contribution is 5.92. The lowest BCUT2D eigenvalue weighted by Crippen LogP contribution is -2.54. The standard InChI is InChI=1S/C22H31NO4/c1-16(2)27-19-9-7-17(14-20(19)26-3)8-10-21(24)23-13-12-22(25)11-5-4-6-18(22)15-23/h7-10,14,16,18,25H,4-6,11-13,15H2,1-3H3/b10-8+/t18-,22-/m0/s1. The lowest BCUT2D eigenvalue weighted by Gasteiger charge is -2.47. The maximum atomic E-state index is 12.6. The number of hydrogen-bond acceptors (Lipinski definition) is 4. The van der Waals surface area contributed by atoms with Gasteiger partial charge in [0.1, 0.15) is 0 Å². The number of rotatable bonds is 5. The predicted octanol–water partition coefficient (Wildman–Crippen LogP) is 3.65. The topological polar surface area (TPSA) is 59.0 Å². The van der Waals surface area contributed by atoms with Crippen LogP contribution < -0.4 is 9.47 Å². The summed E-state index contributed by atoms with van der Waals surface area (Å²) in [5.74, 6) is 1.57. The van der Waals surface area contributed by atoms with Crippen molar-refractivity contribution in [2.24, 2.45) is 5.92 Å². The highest BCUT2D eigenvalue weighted by Crippen LogP contribution is 2.39. The van der Waals surface area contributed by atoms with E-state index in [2.05, 4.69) is 0 Å². The van der Waals surface area contributed by atoms with Crippen LogP contribution in [0.1, 0.15) is 51.5 Å². The fourth-order valence-electron chi connectivity index (χ4n) is 4.18. The van der Waals surface area contributed by atoms with Crippen LogP contribution in [0.25, 0.3) is 6.08 Å². The van der Waals surface area contributed by atoms with E-state index in [1.807, 2.05) is 43.0 Å². The first kappa shape index (κ1) is 19.7. The molecule has 3 rings (SSSR count). The largest absolute Gasteiger partial charge is 0.493 e. The Labute approximate surface area is 162 Å². The molecule has 2 atom stereocenters. The van der Waals surface area contributed by atoms with Crippen LogP contribution in [0.4, 0.5) is 0 Å². The Morgan fingerprint density at radius 3 is 2.85 bits per heavy atom. The third kappa shape index (κ3) is 4.64. The number of fused-ring (bicyclic) bond motifs is 1. The van der Waals surface area contributed by atoms with Crippen molar-refractivity contribution in [3.63, 3.8) is 0 Å². The molecule has 1 heterocycles. The Bertz CT molecular complexity index is 700. The van der Waals surface area contributed by atoms with Gasteiger partial charge in [-0.2, -0.15) is 0 Å². The summed E-state index contributed by atoms with van der Waals surface area (Å²) in [6.45, 7) is 5.22.